The average molecular weight is 231 g/mol. The molecule has 0 aromatic carbocycles. The Kier molecular flexibility index (Phi) is 4.08. The average Bonchev–Trinajstić information content (AvgIpc) is 3.08. The van der Waals surface area contributed by atoms with E-state index in [0.717, 1.165) is 0 Å². The number of amidine groups is 1. The SMILES string of the molecule is NC(=NO)C1(C(=O)N(CCO)CCO)CC1. The summed E-state index contributed by atoms with van der Waals surface area (Å²) in [5.41, 5.74) is 4.55. The van der Waals surface area contributed by atoms with E-state index >= 15 is 0 Å². The Bertz CT molecular complexity index is 282. The van der Waals surface area contributed by atoms with Crippen LogP contribution in [-0.4, -0.2) is 58.4 Å². The molecule has 0 spiro atoms. The van der Waals surface area contributed by atoms with Gasteiger partial charge in [-0.2, -0.15) is 0 Å². The van der Waals surface area contributed by atoms with Crippen LogP contribution in [0.3, 0.4) is 0 Å². The van der Waals surface area contributed by atoms with Crippen molar-refractivity contribution in [2.45, 2.75) is 12.8 Å². The largest absolute Gasteiger partial charge is 0.409 e. The van der Waals surface area contributed by atoms with E-state index < -0.39 is 5.41 Å². The van der Waals surface area contributed by atoms with E-state index in [4.69, 9.17) is 21.2 Å². The van der Waals surface area contributed by atoms with Gasteiger partial charge in [-0.1, -0.05) is 5.16 Å². The molecule has 0 atom stereocenters. The van der Waals surface area contributed by atoms with Gasteiger partial charge in [-0.3, -0.25) is 4.79 Å². The Morgan fingerprint density at radius 1 is 1.31 bits per heavy atom. The molecule has 0 heterocycles. The lowest BCUT2D eigenvalue weighted by Gasteiger charge is -2.25. The first kappa shape index (κ1) is 12.7. The Labute approximate surface area is 93.1 Å². The lowest BCUT2D eigenvalue weighted by atomic mass is 10.0. The number of rotatable bonds is 6. The van der Waals surface area contributed by atoms with Gasteiger partial charge in [0.1, 0.15) is 5.41 Å². The van der Waals surface area contributed by atoms with Crippen molar-refractivity contribution in [3.05, 3.63) is 0 Å². The van der Waals surface area contributed by atoms with E-state index in [9.17, 15) is 4.79 Å². The molecule has 1 rings (SSSR count). The number of carbonyl (C=O) groups is 1. The maximum atomic E-state index is 12.0. The molecule has 1 fully saturated rings. The van der Waals surface area contributed by atoms with Crippen LogP contribution >= 0.6 is 0 Å². The molecule has 7 nitrogen and oxygen atoms in total. The highest BCUT2D eigenvalue weighted by atomic mass is 16.4. The van der Waals surface area contributed by atoms with Crippen LogP contribution in [0.5, 0.6) is 0 Å². The standard InChI is InChI=1S/C9H17N3O4/c10-7(11-16)9(1-2-9)8(15)12(3-5-13)4-6-14/h13-14,16H,1-6H2,(H2,10,11). The summed E-state index contributed by atoms with van der Waals surface area (Å²) in [6, 6.07) is 0. The van der Waals surface area contributed by atoms with Gasteiger partial charge in [-0.05, 0) is 12.8 Å². The van der Waals surface area contributed by atoms with Crippen molar-refractivity contribution in [1.29, 1.82) is 0 Å². The number of amides is 1. The van der Waals surface area contributed by atoms with Crippen LogP contribution in [0.1, 0.15) is 12.8 Å². The molecule has 7 heteroatoms. The molecular formula is C9H17N3O4. The number of nitrogens with zero attached hydrogens (tertiary/aromatic N) is 2. The molecule has 0 aliphatic heterocycles. The Morgan fingerprint density at radius 2 is 1.81 bits per heavy atom. The molecule has 0 saturated heterocycles. The number of nitrogens with two attached hydrogens (primary N) is 1. The minimum absolute atomic E-state index is 0.0987. The number of oxime groups is 1. The van der Waals surface area contributed by atoms with Gasteiger partial charge in [0.2, 0.25) is 5.91 Å². The topological polar surface area (TPSA) is 119 Å². The van der Waals surface area contributed by atoms with Crippen LogP contribution in [0.4, 0.5) is 0 Å². The maximum absolute atomic E-state index is 12.0. The van der Waals surface area contributed by atoms with Crippen molar-refractivity contribution in [2.24, 2.45) is 16.3 Å². The van der Waals surface area contributed by atoms with Crippen molar-refractivity contribution >= 4 is 11.7 Å². The van der Waals surface area contributed by atoms with Gasteiger partial charge in [0.15, 0.2) is 5.84 Å². The van der Waals surface area contributed by atoms with Gasteiger partial charge >= 0.3 is 0 Å². The second-order valence-corrected chi connectivity index (χ2v) is 3.81. The molecule has 1 saturated carbocycles. The van der Waals surface area contributed by atoms with Crippen LogP contribution in [0.2, 0.25) is 0 Å². The van der Waals surface area contributed by atoms with Crippen molar-refractivity contribution in [3.63, 3.8) is 0 Å². The lowest BCUT2D eigenvalue weighted by molar-refractivity contribution is -0.135. The molecule has 1 amide bonds. The van der Waals surface area contributed by atoms with Gasteiger partial charge in [-0.25, -0.2) is 0 Å². The predicted octanol–water partition coefficient (Wildman–Crippen LogP) is -1.67. The van der Waals surface area contributed by atoms with Crippen LogP contribution in [0.15, 0.2) is 5.16 Å². The highest BCUT2D eigenvalue weighted by Crippen LogP contribution is 2.47. The molecule has 5 N–H and O–H groups in total. The van der Waals surface area contributed by atoms with E-state index in [0.29, 0.717) is 12.8 Å². The Morgan fingerprint density at radius 3 is 2.12 bits per heavy atom. The summed E-state index contributed by atoms with van der Waals surface area (Å²) in [6.45, 7) is -0.0876. The molecule has 0 unspecified atom stereocenters. The van der Waals surface area contributed by atoms with Crippen LogP contribution in [-0.2, 0) is 4.79 Å². The molecule has 1 aliphatic rings. The molecule has 16 heavy (non-hydrogen) atoms. The first-order chi connectivity index (χ1) is 7.62. The fourth-order valence-electron chi connectivity index (χ4n) is 1.66. The van der Waals surface area contributed by atoms with Gasteiger partial charge in [0, 0.05) is 13.1 Å². The van der Waals surface area contributed by atoms with E-state index in [2.05, 4.69) is 5.16 Å². The third-order valence-corrected chi connectivity index (χ3v) is 2.78. The summed E-state index contributed by atoms with van der Waals surface area (Å²) >= 11 is 0. The third-order valence-electron chi connectivity index (χ3n) is 2.78. The van der Waals surface area contributed by atoms with Crippen molar-refractivity contribution in [2.75, 3.05) is 26.3 Å². The zero-order valence-corrected chi connectivity index (χ0v) is 8.96. The molecule has 1 aliphatic carbocycles. The number of aliphatic hydroxyl groups excluding tert-OH is 2. The Balaban J connectivity index is 2.74. The molecular weight excluding hydrogens is 214 g/mol. The zero-order valence-electron chi connectivity index (χ0n) is 8.96. The minimum atomic E-state index is -0.918. The van der Waals surface area contributed by atoms with E-state index in [-0.39, 0.29) is 38.0 Å². The molecule has 0 aromatic heterocycles. The number of aliphatic hydroxyl groups is 2. The normalized spacial score (nSPS) is 18.2. The van der Waals surface area contributed by atoms with Crippen LogP contribution in [0, 0.1) is 5.41 Å². The quantitative estimate of drug-likeness (QED) is 0.188. The zero-order chi connectivity index (χ0) is 12.2. The van der Waals surface area contributed by atoms with E-state index in [1.54, 1.807) is 0 Å². The third kappa shape index (κ3) is 2.25. The summed E-state index contributed by atoms with van der Waals surface area (Å²) in [5.74, 6) is -0.399. The summed E-state index contributed by atoms with van der Waals surface area (Å²) in [4.78, 5) is 13.4. The fourth-order valence-corrected chi connectivity index (χ4v) is 1.66. The Hall–Kier alpha value is -1.34. The minimum Gasteiger partial charge on any atom is -0.409 e. The summed E-state index contributed by atoms with van der Waals surface area (Å²) in [7, 11) is 0. The first-order valence-electron chi connectivity index (χ1n) is 5.11. The molecule has 92 valence electrons. The van der Waals surface area contributed by atoms with Crippen molar-refractivity contribution in [1.82, 2.24) is 4.90 Å². The van der Waals surface area contributed by atoms with E-state index in [1.165, 1.54) is 4.90 Å². The van der Waals surface area contributed by atoms with Crippen molar-refractivity contribution < 1.29 is 20.2 Å². The van der Waals surface area contributed by atoms with Crippen LogP contribution < -0.4 is 5.73 Å². The maximum Gasteiger partial charge on any atom is 0.236 e. The van der Waals surface area contributed by atoms with Gasteiger partial charge in [0.05, 0.1) is 13.2 Å². The monoisotopic (exact) mass is 231 g/mol. The second kappa shape index (κ2) is 5.13. The summed E-state index contributed by atoms with van der Waals surface area (Å²) < 4.78 is 0. The van der Waals surface area contributed by atoms with Crippen LogP contribution in [0.25, 0.3) is 0 Å². The molecule has 0 aromatic rings. The van der Waals surface area contributed by atoms with E-state index in [1.807, 2.05) is 0 Å². The highest BCUT2D eigenvalue weighted by Gasteiger charge is 2.55. The smallest absolute Gasteiger partial charge is 0.236 e. The molecule has 0 radical (unpaired) electrons. The number of hydrogen-bond donors (Lipinski definition) is 4. The number of hydrogen-bond acceptors (Lipinski definition) is 5. The fraction of sp³-hybridized carbons (Fsp3) is 0.778. The second-order valence-electron chi connectivity index (χ2n) is 3.81. The van der Waals surface area contributed by atoms with Gasteiger partial charge < -0.3 is 26.1 Å². The predicted molar refractivity (Wildman–Crippen MR) is 55.8 cm³/mol. The first-order valence-corrected chi connectivity index (χ1v) is 5.11. The number of carbonyl (C=O) groups excluding carboxylic acids is 1. The summed E-state index contributed by atoms with van der Waals surface area (Å²) in [5, 5.41) is 29.1. The lowest BCUT2D eigenvalue weighted by Crippen LogP contribution is -2.45. The summed E-state index contributed by atoms with van der Waals surface area (Å²) in [6.07, 6.45) is 1.07. The van der Waals surface area contributed by atoms with Gasteiger partial charge in [0.25, 0.3) is 0 Å². The molecule has 0 bridgehead atoms. The highest BCUT2D eigenvalue weighted by molar-refractivity contribution is 6.09. The van der Waals surface area contributed by atoms with Gasteiger partial charge in [-0.15, -0.1) is 0 Å². The van der Waals surface area contributed by atoms with Crippen molar-refractivity contribution in [3.8, 4) is 0 Å².